The minimum Gasteiger partial charge on any atom is -0.504 e. The molecule has 0 aromatic heterocycles. The van der Waals surface area contributed by atoms with Gasteiger partial charge < -0.3 is 19.9 Å². The number of carbonyl (C=O) groups excluding carboxylic acids is 1. The Morgan fingerprint density at radius 3 is 2.48 bits per heavy atom. The van der Waals surface area contributed by atoms with Crippen LogP contribution in [0.3, 0.4) is 0 Å². The van der Waals surface area contributed by atoms with Crippen LogP contribution in [-0.4, -0.2) is 24.2 Å². The molecule has 1 amide bonds. The summed E-state index contributed by atoms with van der Waals surface area (Å²) in [5, 5.41) is 12.2. The highest BCUT2D eigenvalue weighted by atomic mass is 16.5. The number of aromatic hydroxyl groups is 1. The number of para-hydroxylation sites is 2. The molecule has 2 rings (SSSR count). The van der Waals surface area contributed by atoms with Crippen LogP contribution in [0.5, 0.6) is 17.2 Å². The van der Waals surface area contributed by atoms with Crippen molar-refractivity contribution in [2.24, 2.45) is 0 Å². The molecule has 0 unspecified atom stereocenters. The largest absolute Gasteiger partial charge is 0.504 e. The van der Waals surface area contributed by atoms with E-state index in [1.807, 2.05) is 6.92 Å². The number of carbonyl (C=O) groups is 1. The summed E-state index contributed by atoms with van der Waals surface area (Å²) in [5.41, 5.74) is 0.657. The Balaban J connectivity index is 1.85. The summed E-state index contributed by atoms with van der Waals surface area (Å²) in [7, 11) is 0. The normalized spacial score (nSPS) is 9.95. The van der Waals surface area contributed by atoms with Gasteiger partial charge in [-0.15, -0.1) is 0 Å². The van der Waals surface area contributed by atoms with E-state index in [4.69, 9.17) is 9.47 Å². The van der Waals surface area contributed by atoms with Crippen LogP contribution < -0.4 is 14.8 Å². The van der Waals surface area contributed by atoms with E-state index in [-0.39, 0.29) is 24.0 Å². The van der Waals surface area contributed by atoms with Crippen LogP contribution in [0.4, 0.5) is 5.69 Å². The maximum absolute atomic E-state index is 11.8. The van der Waals surface area contributed by atoms with Gasteiger partial charge in [-0.1, -0.05) is 12.1 Å². The molecule has 0 heterocycles. The standard InChI is InChI=1S/C16H17NO4/c1-2-20-13-9-7-12(8-10-13)17-16(19)11-21-15-6-4-3-5-14(15)18/h3-10,18H,2,11H2,1H3,(H,17,19). The Morgan fingerprint density at radius 1 is 1.10 bits per heavy atom. The van der Waals surface area contributed by atoms with E-state index in [2.05, 4.69) is 5.32 Å². The molecule has 21 heavy (non-hydrogen) atoms. The van der Waals surface area contributed by atoms with Gasteiger partial charge in [0.2, 0.25) is 0 Å². The van der Waals surface area contributed by atoms with Gasteiger partial charge in [0.1, 0.15) is 5.75 Å². The number of hydrogen-bond donors (Lipinski definition) is 2. The molecule has 0 saturated carbocycles. The third-order valence-corrected chi connectivity index (χ3v) is 2.67. The Kier molecular flexibility index (Phi) is 5.04. The Labute approximate surface area is 123 Å². The maximum atomic E-state index is 11.8. The lowest BCUT2D eigenvalue weighted by Crippen LogP contribution is -2.20. The first-order chi connectivity index (χ1) is 10.2. The lowest BCUT2D eigenvalue weighted by atomic mass is 10.3. The number of anilines is 1. The van der Waals surface area contributed by atoms with E-state index in [1.54, 1.807) is 42.5 Å². The van der Waals surface area contributed by atoms with Gasteiger partial charge in [0.05, 0.1) is 6.61 Å². The molecular formula is C16H17NO4. The second-order valence-corrected chi connectivity index (χ2v) is 4.26. The number of ether oxygens (including phenoxy) is 2. The molecular weight excluding hydrogens is 270 g/mol. The molecule has 0 spiro atoms. The van der Waals surface area contributed by atoms with Crippen molar-refractivity contribution in [3.8, 4) is 17.2 Å². The fourth-order valence-electron chi connectivity index (χ4n) is 1.72. The quantitative estimate of drug-likeness (QED) is 0.857. The summed E-state index contributed by atoms with van der Waals surface area (Å²) >= 11 is 0. The van der Waals surface area contributed by atoms with E-state index in [9.17, 15) is 9.90 Å². The Bertz CT molecular complexity index is 595. The van der Waals surface area contributed by atoms with Crippen LogP contribution in [0.1, 0.15) is 6.92 Å². The Hall–Kier alpha value is -2.69. The number of benzene rings is 2. The van der Waals surface area contributed by atoms with E-state index in [1.165, 1.54) is 6.07 Å². The van der Waals surface area contributed by atoms with Crippen LogP contribution in [0.15, 0.2) is 48.5 Å². The smallest absolute Gasteiger partial charge is 0.262 e. The first-order valence-corrected chi connectivity index (χ1v) is 6.62. The second-order valence-electron chi connectivity index (χ2n) is 4.26. The second kappa shape index (κ2) is 7.19. The summed E-state index contributed by atoms with van der Waals surface area (Å²) in [4.78, 5) is 11.8. The van der Waals surface area contributed by atoms with E-state index in [0.717, 1.165) is 5.75 Å². The molecule has 0 fully saturated rings. The molecule has 5 heteroatoms. The lowest BCUT2D eigenvalue weighted by molar-refractivity contribution is -0.118. The van der Waals surface area contributed by atoms with Crippen LogP contribution in [0.2, 0.25) is 0 Å². The van der Waals surface area contributed by atoms with Crippen molar-refractivity contribution in [2.75, 3.05) is 18.5 Å². The fourth-order valence-corrected chi connectivity index (χ4v) is 1.72. The minimum atomic E-state index is -0.303. The van der Waals surface area contributed by atoms with Crippen molar-refractivity contribution in [3.63, 3.8) is 0 Å². The number of nitrogens with one attached hydrogen (secondary N) is 1. The van der Waals surface area contributed by atoms with Crippen LogP contribution in [-0.2, 0) is 4.79 Å². The summed E-state index contributed by atoms with van der Waals surface area (Å²) in [5.74, 6) is 0.731. The summed E-state index contributed by atoms with van der Waals surface area (Å²) in [6.07, 6.45) is 0. The molecule has 0 aliphatic heterocycles. The van der Waals surface area contributed by atoms with Gasteiger partial charge in [0, 0.05) is 5.69 Å². The number of amides is 1. The average molecular weight is 287 g/mol. The highest BCUT2D eigenvalue weighted by Crippen LogP contribution is 2.24. The predicted molar refractivity (Wildman–Crippen MR) is 79.8 cm³/mol. The van der Waals surface area contributed by atoms with E-state index in [0.29, 0.717) is 12.3 Å². The number of rotatable bonds is 6. The van der Waals surface area contributed by atoms with Crippen molar-refractivity contribution >= 4 is 11.6 Å². The molecule has 0 bridgehead atoms. The molecule has 0 radical (unpaired) electrons. The molecule has 2 aromatic carbocycles. The molecule has 110 valence electrons. The average Bonchev–Trinajstić information content (AvgIpc) is 2.49. The Morgan fingerprint density at radius 2 is 1.81 bits per heavy atom. The fraction of sp³-hybridized carbons (Fsp3) is 0.188. The van der Waals surface area contributed by atoms with Crippen molar-refractivity contribution in [3.05, 3.63) is 48.5 Å². The molecule has 2 N–H and O–H groups in total. The molecule has 0 saturated heterocycles. The zero-order chi connectivity index (χ0) is 15.1. The van der Waals surface area contributed by atoms with Crippen molar-refractivity contribution in [1.29, 1.82) is 0 Å². The van der Waals surface area contributed by atoms with E-state index < -0.39 is 0 Å². The van der Waals surface area contributed by atoms with Gasteiger partial charge in [-0.2, -0.15) is 0 Å². The first-order valence-electron chi connectivity index (χ1n) is 6.62. The first kappa shape index (κ1) is 14.7. The van der Waals surface area contributed by atoms with Gasteiger partial charge in [-0.05, 0) is 43.3 Å². The van der Waals surface area contributed by atoms with Crippen LogP contribution >= 0.6 is 0 Å². The highest BCUT2D eigenvalue weighted by Gasteiger charge is 2.06. The van der Waals surface area contributed by atoms with Crippen molar-refractivity contribution < 1.29 is 19.4 Å². The molecule has 0 aliphatic carbocycles. The molecule has 0 aliphatic rings. The van der Waals surface area contributed by atoms with Gasteiger partial charge in [-0.25, -0.2) is 0 Å². The van der Waals surface area contributed by atoms with Gasteiger partial charge in [0.15, 0.2) is 18.1 Å². The SMILES string of the molecule is CCOc1ccc(NC(=O)COc2ccccc2O)cc1. The zero-order valence-corrected chi connectivity index (χ0v) is 11.7. The molecule has 0 atom stereocenters. The third-order valence-electron chi connectivity index (χ3n) is 2.67. The number of phenolic OH excluding ortho intramolecular Hbond substituents is 1. The predicted octanol–water partition coefficient (Wildman–Crippen LogP) is 2.81. The summed E-state index contributed by atoms with van der Waals surface area (Å²) < 4.78 is 10.6. The molecule has 5 nitrogen and oxygen atoms in total. The van der Waals surface area contributed by atoms with Gasteiger partial charge >= 0.3 is 0 Å². The van der Waals surface area contributed by atoms with Crippen LogP contribution in [0, 0.1) is 0 Å². The maximum Gasteiger partial charge on any atom is 0.262 e. The van der Waals surface area contributed by atoms with Crippen LogP contribution in [0.25, 0.3) is 0 Å². The molecule has 2 aromatic rings. The highest BCUT2D eigenvalue weighted by molar-refractivity contribution is 5.91. The summed E-state index contributed by atoms with van der Waals surface area (Å²) in [6, 6.07) is 13.6. The zero-order valence-electron chi connectivity index (χ0n) is 11.7. The van der Waals surface area contributed by atoms with Gasteiger partial charge in [-0.3, -0.25) is 4.79 Å². The lowest BCUT2D eigenvalue weighted by Gasteiger charge is -2.09. The van der Waals surface area contributed by atoms with Gasteiger partial charge in [0.25, 0.3) is 5.91 Å². The topological polar surface area (TPSA) is 67.8 Å². The van der Waals surface area contributed by atoms with Crippen molar-refractivity contribution in [2.45, 2.75) is 6.92 Å². The minimum absolute atomic E-state index is 0.00590. The van der Waals surface area contributed by atoms with Crippen molar-refractivity contribution in [1.82, 2.24) is 0 Å². The van der Waals surface area contributed by atoms with E-state index >= 15 is 0 Å². The number of phenols is 1. The third kappa shape index (κ3) is 4.42. The monoisotopic (exact) mass is 287 g/mol. The number of hydrogen-bond acceptors (Lipinski definition) is 4. The summed E-state index contributed by atoms with van der Waals surface area (Å²) in [6.45, 7) is 2.33.